The highest BCUT2D eigenvalue weighted by Gasteiger charge is 2.35. The van der Waals surface area contributed by atoms with Crippen molar-refractivity contribution < 1.29 is 17.9 Å². The Morgan fingerprint density at radius 2 is 1.96 bits per heavy atom. The molecule has 0 bridgehead atoms. The summed E-state index contributed by atoms with van der Waals surface area (Å²) in [6.07, 6.45) is -3.81. The quantitative estimate of drug-likeness (QED) is 0.803. The number of benzene rings is 1. The molecule has 130 valence electrons. The second-order valence-electron chi connectivity index (χ2n) is 5.85. The summed E-state index contributed by atoms with van der Waals surface area (Å²) in [5, 5.41) is 3.28. The highest BCUT2D eigenvalue weighted by atomic mass is 79.9. The number of rotatable bonds is 5. The van der Waals surface area contributed by atoms with Gasteiger partial charge >= 0.3 is 6.36 Å². The smallest absolute Gasteiger partial charge is 0.405 e. The van der Waals surface area contributed by atoms with Crippen LogP contribution < -0.4 is 10.1 Å². The molecule has 1 N–H and O–H groups in total. The molecule has 1 aromatic carbocycles. The number of nitrogens with zero attached hydrogens (tertiary/aromatic N) is 1. The minimum Gasteiger partial charge on any atom is -0.405 e. The predicted molar refractivity (Wildman–Crippen MR) is 87.5 cm³/mol. The first-order valence-electron chi connectivity index (χ1n) is 7.81. The lowest BCUT2D eigenvalue weighted by atomic mass is 9.90. The Kier molecular flexibility index (Phi) is 6.33. The van der Waals surface area contributed by atoms with Crippen LogP contribution in [0.4, 0.5) is 13.2 Å². The van der Waals surface area contributed by atoms with Crippen LogP contribution in [0.3, 0.4) is 0 Å². The molecule has 23 heavy (non-hydrogen) atoms. The summed E-state index contributed by atoms with van der Waals surface area (Å²) in [7, 11) is 0. The lowest BCUT2D eigenvalue weighted by Crippen LogP contribution is -2.46. The minimum absolute atomic E-state index is 0.100. The van der Waals surface area contributed by atoms with Crippen molar-refractivity contribution in [1.82, 2.24) is 10.2 Å². The third kappa shape index (κ3) is 5.09. The van der Waals surface area contributed by atoms with Crippen molar-refractivity contribution in [2.75, 3.05) is 26.2 Å². The highest BCUT2D eigenvalue weighted by molar-refractivity contribution is 9.10. The van der Waals surface area contributed by atoms with Crippen molar-refractivity contribution in [3.63, 3.8) is 0 Å². The first-order chi connectivity index (χ1) is 10.8. The van der Waals surface area contributed by atoms with Crippen molar-refractivity contribution in [3.8, 4) is 5.75 Å². The van der Waals surface area contributed by atoms with Gasteiger partial charge in [-0.25, -0.2) is 0 Å². The standard InChI is InChI=1S/C16H22BrF3N2O/c1-3-11(2)15(22-8-6-21-7-9-22)13-10-12(17)4-5-14(13)23-16(18,19)20/h4-5,10-11,15,21H,3,6-9H2,1-2H3/t11?,15-/m1/s1. The third-order valence-corrected chi connectivity index (χ3v) is 4.74. The number of hydrogen-bond acceptors (Lipinski definition) is 3. The van der Waals surface area contributed by atoms with Gasteiger partial charge in [0.2, 0.25) is 0 Å². The molecule has 0 radical (unpaired) electrons. The zero-order valence-corrected chi connectivity index (χ0v) is 14.9. The fourth-order valence-electron chi connectivity index (χ4n) is 3.01. The summed E-state index contributed by atoms with van der Waals surface area (Å²) >= 11 is 3.37. The molecule has 0 aliphatic carbocycles. The van der Waals surface area contributed by atoms with E-state index in [0.717, 1.165) is 37.1 Å². The van der Waals surface area contributed by atoms with Crippen LogP contribution in [0.2, 0.25) is 0 Å². The largest absolute Gasteiger partial charge is 0.573 e. The van der Waals surface area contributed by atoms with Gasteiger partial charge in [-0.2, -0.15) is 0 Å². The predicted octanol–water partition coefficient (Wildman–Crippen LogP) is 4.34. The van der Waals surface area contributed by atoms with E-state index in [9.17, 15) is 13.2 Å². The molecule has 2 atom stereocenters. The molecule has 1 saturated heterocycles. The third-order valence-electron chi connectivity index (χ3n) is 4.24. The monoisotopic (exact) mass is 394 g/mol. The van der Waals surface area contributed by atoms with Gasteiger partial charge in [-0.3, -0.25) is 4.90 Å². The summed E-state index contributed by atoms with van der Waals surface area (Å²) in [5.41, 5.74) is 0.591. The number of alkyl halides is 3. The fraction of sp³-hybridized carbons (Fsp3) is 0.625. The van der Waals surface area contributed by atoms with Gasteiger partial charge in [0.1, 0.15) is 5.75 Å². The minimum atomic E-state index is -4.69. The molecule has 1 aliphatic heterocycles. The maximum atomic E-state index is 12.8. The molecule has 1 aromatic rings. The molecule has 1 heterocycles. The Labute approximate surface area is 143 Å². The Bertz CT molecular complexity index is 519. The second kappa shape index (κ2) is 7.85. The van der Waals surface area contributed by atoms with Crippen LogP contribution >= 0.6 is 15.9 Å². The molecule has 3 nitrogen and oxygen atoms in total. The van der Waals surface area contributed by atoms with E-state index in [0.29, 0.717) is 5.56 Å². The average Bonchev–Trinajstić information content (AvgIpc) is 2.50. The zero-order chi connectivity index (χ0) is 17.0. The van der Waals surface area contributed by atoms with Gasteiger partial charge in [0.15, 0.2) is 0 Å². The summed E-state index contributed by atoms with van der Waals surface area (Å²) in [6.45, 7) is 7.44. The van der Waals surface area contributed by atoms with Gasteiger partial charge in [0.25, 0.3) is 0 Å². The average molecular weight is 395 g/mol. The van der Waals surface area contributed by atoms with Crippen LogP contribution in [0, 0.1) is 5.92 Å². The first kappa shape index (κ1) is 18.5. The van der Waals surface area contributed by atoms with E-state index in [2.05, 4.69) is 44.7 Å². The summed E-state index contributed by atoms with van der Waals surface area (Å²) < 4.78 is 43.3. The number of nitrogens with one attached hydrogen (secondary N) is 1. The van der Waals surface area contributed by atoms with Crippen molar-refractivity contribution in [2.45, 2.75) is 32.7 Å². The molecule has 1 aliphatic rings. The van der Waals surface area contributed by atoms with Gasteiger partial charge in [-0.05, 0) is 24.1 Å². The van der Waals surface area contributed by atoms with Gasteiger partial charge in [-0.15, -0.1) is 13.2 Å². The van der Waals surface area contributed by atoms with Crippen LogP contribution in [0.5, 0.6) is 5.75 Å². The number of piperazine rings is 1. The van der Waals surface area contributed by atoms with Crippen LogP contribution in [0.15, 0.2) is 22.7 Å². The zero-order valence-electron chi connectivity index (χ0n) is 13.3. The van der Waals surface area contributed by atoms with Crippen LogP contribution in [0.25, 0.3) is 0 Å². The fourth-order valence-corrected chi connectivity index (χ4v) is 3.39. The van der Waals surface area contributed by atoms with Crippen molar-refractivity contribution in [3.05, 3.63) is 28.2 Å². The summed E-state index contributed by atoms with van der Waals surface area (Å²) in [5.74, 6) is 0.113. The van der Waals surface area contributed by atoms with E-state index in [4.69, 9.17) is 0 Å². The SMILES string of the molecule is CCC(C)[C@H](c1cc(Br)ccc1OC(F)(F)F)N1CCNCC1. The Morgan fingerprint density at radius 1 is 1.30 bits per heavy atom. The summed E-state index contributed by atoms with van der Waals surface area (Å²) in [6, 6.07) is 4.62. The topological polar surface area (TPSA) is 24.5 Å². The molecule has 0 amide bonds. The first-order valence-corrected chi connectivity index (χ1v) is 8.61. The van der Waals surface area contributed by atoms with Gasteiger partial charge in [-0.1, -0.05) is 36.2 Å². The Morgan fingerprint density at radius 3 is 2.52 bits per heavy atom. The normalized spacial score (nSPS) is 19.4. The lowest BCUT2D eigenvalue weighted by Gasteiger charge is -2.39. The van der Waals surface area contributed by atoms with Gasteiger partial charge < -0.3 is 10.1 Å². The lowest BCUT2D eigenvalue weighted by molar-refractivity contribution is -0.275. The van der Waals surface area contributed by atoms with E-state index < -0.39 is 6.36 Å². The molecule has 0 spiro atoms. The molecular formula is C16H22BrF3N2O. The van der Waals surface area contributed by atoms with Crippen LogP contribution in [-0.4, -0.2) is 37.4 Å². The van der Waals surface area contributed by atoms with Crippen LogP contribution in [-0.2, 0) is 0 Å². The Balaban J connectivity index is 2.41. The molecule has 1 fully saturated rings. The Hall–Kier alpha value is -0.790. The van der Waals surface area contributed by atoms with E-state index in [1.165, 1.54) is 6.07 Å². The summed E-state index contributed by atoms with van der Waals surface area (Å²) in [4.78, 5) is 2.25. The molecule has 2 rings (SSSR count). The second-order valence-corrected chi connectivity index (χ2v) is 6.76. The maximum absolute atomic E-state index is 12.8. The maximum Gasteiger partial charge on any atom is 0.573 e. The van der Waals surface area contributed by atoms with Crippen molar-refractivity contribution in [1.29, 1.82) is 0 Å². The van der Waals surface area contributed by atoms with E-state index in [1.807, 2.05) is 0 Å². The van der Waals surface area contributed by atoms with E-state index in [-0.39, 0.29) is 17.7 Å². The number of halogens is 4. The van der Waals surface area contributed by atoms with Crippen LogP contribution in [0.1, 0.15) is 31.9 Å². The molecular weight excluding hydrogens is 373 g/mol. The van der Waals surface area contributed by atoms with Crippen molar-refractivity contribution in [2.24, 2.45) is 5.92 Å². The highest BCUT2D eigenvalue weighted by Crippen LogP contribution is 2.39. The van der Waals surface area contributed by atoms with Crippen molar-refractivity contribution >= 4 is 15.9 Å². The number of hydrogen-bond donors (Lipinski definition) is 1. The number of ether oxygens (including phenoxy) is 1. The molecule has 0 aromatic heterocycles. The van der Waals surface area contributed by atoms with Gasteiger partial charge in [0, 0.05) is 42.3 Å². The van der Waals surface area contributed by atoms with E-state index in [1.54, 1.807) is 12.1 Å². The van der Waals surface area contributed by atoms with E-state index >= 15 is 0 Å². The molecule has 1 unspecified atom stereocenters. The molecule has 0 saturated carbocycles. The van der Waals surface area contributed by atoms with Gasteiger partial charge in [0.05, 0.1) is 0 Å². The molecule has 7 heteroatoms.